The first-order chi connectivity index (χ1) is 10.7. The van der Waals surface area contributed by atoms with Gasteiger partial charge in [-0.15, -0.1) is 0 Å². The van der Waals surface area contributed by atoms with Gasteiger partial charge in [-0.25, -0.2) is 0 Å². The molecule has 0 aliphatic carbocycles. The lowest BCUT2D eigenvalue weighted by atomic mass is 10.0. The van der Waals surface area contributed by atoms with E-state index in [-0.39, 0.29) is 0 Å². The summed E-state index contributed by atoms with van der Waals surface area (Å²) in [6.07, 6.45) is 2.58. The van der Waals surface area contributed by atoms with E-state index in [1.54, 1.807) is 0 Å². The Balaban J connectivity index is 2.14. The average molecular weight is 302 g/mol. The monoisotopic (exact) mass is 302 g/mol. The van der Waals surface area contributed by atoms with Crippen molar-refractivity contribution in [2.75, 3.05) is 32.7 Å². The van der Waals surface area contributed by atoms with Crippen molar-refractivity contribution in [2.45, 2.75) is 39.7 Å². The van der Waals surface area contributed by atoms with Gasteiger partial charge in [0.2, 0.25) is 0 Å². The molecule has 0 radical (unpaired) electrons. The number of aliphatic imine (C=N–C) groups is 1. The van der Waals surface area contributed by atoms with E-state index in [4.69, 9.17) is 5.73 Å². The Morgan fingerprint density at radius 2 is 1.77 bits per heavy atom. The molecule has 22 heavy (non-hydrogen) atoms. The predicted octanol–water partition coefficient (Wildman–Crippen LogP) is 2.79. The molecule has 1 unspecified atom stereocenters. The molecule has 1 saturated heterocycles. The van der Waals surface area contributed by atoms with Crippen molar-refractivity contribution in [1.29, 1.82) is 0 Å². The number of nitrogens with two attached hydrogens (primary N) is 1. The topological polar surface area (TPSA) is 44.9 Å². The van der Waals surface area contributed by atoms with Gasteiger partial charge in [0.25, 0.3) is 0 Å². The molecular weight excluding hydrogens is 272 g/mol. The highest BCUT2D eigenvalue weighted by Gasteiger charge is 2.23. The number of rotatable bonds is 6. The van der Waals surface area contributed by atoms with Crippen molar-refractivity contribution >= 4 is 5.96 Å². The van der Waals surface area contributed by atoms with E-state index in [0.717, 1.165) is 19.6 Å². The lowest BCUT2D eigenvalue weighted by Crippen LogP contribution is -2.38. The van der Waals surface area contributed by atoms with E-state index in [1.807, 2.05) is 0 Å². The van der Waals surface area contributed by atoms with E-state index < -0.39 is 0 Å². The van der Waals surface area contributed by atoms with E-state index in [1.165, 1.54) is 37.1 Å². The van der Waals surface area contributed by atoms with Crippen LogP contribution in [0.1, 0.15) is 43.9 Å². The summed E-state index contributed by atoms with van der Waals surface area (Å²) >= 11 is 0. The highest BCUT2D eigenvalue weighted by atomic mass is 15.3. The van der Waals surface area contributed by atoms with Crippen LogP contribution in [-0.4, -0.2) is 48.5 Å². The molecule has 1 atom stereocenters. The van der Waals surface area contributed by atoms with Crippen molar-refractivity contribution < 1.29 is 0 Å². The maximum Gasteiger partial charge on any atom is 0.191 e. The third-order valence-electron chi connectivity index (χ3n) is 4.56. The molecule has 0 bridgehead atoms. The summed E-state index contributed by atoms with van der Waals surface area (Å²) in [4.78, 5) is 9.34. The summed E-state index contributed by atoms with van der Waals surface area (Å²) in [7, 11) is 0. The van der Waals surface area contributed by atoms with Crippen LogP contribution in [0.2, 0.25) is 0 Å². The van der Waals surface area contributed by atoms with Crippen LogP contribution < -0.4 is 5.73 Å². The molecule has 1 heterocycles. The van der Waals surface area contributed by atoms with Crippen LogP contribution in [0.15, 0.2) is 29.3 Å². The normalized spacial score (nSPS) is 17.7. The van der Waals surface area contributed by atoms with Crippen molar-refractivity contribution in [3.8, 4) is 0 Å². The van der Waals surface area contributed by atoms with Crippen molar-refractivity contribution in [1.82, 2.24) is 9.80 Å². The lowest BCUT2D eigenvalue weighted by molar-refractivity contribution is 0.251. The number of likely N-dealkylation sites (tertiary alicyclic amines) is 1. The van der Waals surface area contributed by atoms with Gasteiger partial charge in [0, 0.05) is 13.1 Å². The minimum Gasteiger partial charge on any atom is -0.370 e. The van der Waals surface area contributed by atoms with Gasteiger partial charge in [0.1, 0.15) is 0 Å². The first-order valence-electron chi connectivity index (χ1n) is 8.51. The molecule has 1 aliphatic rings. The number of aryl methyl sites for hydroxylation is 1. The molecule has 4 nitrogen and oxygen atoms in total. The number of hydrogen-bond acceptors (Lipinski definition) is 2. The second-order valence-electron chi connectivity index (χ2n) is 6.04. The quantitative estimate of drug-likeness (QED) is 0.649. The number of guanidine groups is 1. The molecule has 0 spiro atoms. The largest absolute Gasteiger partial charge is 0.370 e. The molecule has 0 aromatic heterocycles. The summed E-state index contributed by atoms with van der Waals surface area (Å²) in [5.74, 6) is 0.668. The summed E-state index contributed by atoms with van der Waals surface area (Å²) in [6, 6.07) is 9.20. The lowest BCUT2D eigenvalue weighted by Gasteiger charge is -2.27. The molecule has 1 aliphatic heterocycles. The van der Waals surface area contributed by atoms with Gasteiger partial charge in [-0.2, -0.15) is 0 Å². The molecule has 0 amide bonds. The van der Waals surface area contributed by atoms with Gasteiger partial charge in [-0.3, -0.25) is 9.89 Å². The molecule has 4 heteroatoms. The van der Waals surface area contributed by atoms with Crippen LogP contribution in [0.3, 0.4) is 0 Å². The molecule has 122 valence electrons. The van der Waals surface area contributed by atoms with Crippen molar-refractivity contribution in [3.63, 3.8) is 0 Å². The zero-order valence-electron chi connectivity index (χ0n) is 14.3. The van der Waals surface area contributed by atoms with Gasteiger partial charge < -0.3 is 10.6 Å². The second-order valence-corrected chi connectivity index (χ2v) is 6.04. The molecular formula is C18H30N4. The Bertz CT molecular complexity index is 470. The van der Waals surface area contributed by atoms with Gasteiger partial charge in [-0.05, 0) is 52.3 Å². The number of hydrogen-bond donors (Lipinski definition) is 1. The fourth-order valence-corrected chi connectivity index (χ4v) is 3.10. The van der Waals surface area contributed by atoms with Crippen LogP contribution in [0.4, 0.5) is 0 Å². The van der Waals surface area contributed by atoms with Crippen LogP contribution >= 0.6 is 0 Å². The Labute approximate surface area is 135 Å². The van der Waals surface area contributed by atoms with Gasteiger partial charge in [0.05, 0.1) is 12.6 Å². The zero-order valence-corrected chi connectivity index (χ0v) is 14.3. The maximum absolute atomic E-state index is 6.15. The molecule has 2 rings (SSSR count). The van der Waals surface area contributed by atoms with Crippen LogP contribution in [0.25, 0.3) is 0 Å². The predicted molar refractivity (Wildman–Crippen MR) is 94.1 cm³/mol. The fraction of sp³-hybridized carbons (Fsp3) is 0.611. The zero-order chi connectivity index (χ0) is 15.9. The second kappa shape index (κ2) is 8.18. The van der Waals surface area contributed by atoms with Gasteiger partial charge in [-0.1, -0.05) is 29.8 Å². The van der Waals surface area contributed by atoms with Crippen LogP contribution in [0, 0.1) is 6.92 Å². The minimum absolute atomic E-state index is 0.345. The van der Waals surface area contributed by atoms with E-state index in [9.17, 15) is 0 Å². The highest BCUT2D eigenvalue weighted by Crippen LogP contribution is 2.25. The highest BCUT2D eigenvalue weighted by molar-refractivity contribution is 5.78. The average Bonchev–Trinajstić information content (AvgIpc) is 3.04. The standard InChI is InChI=1S/C18H30N4/c1-4-21(5-2)18(19)20-14-17(22-12-6-7-13-22)16-10-8-15(3)9-11-16/h8-11,17H,4-7,12-14H2,1-3H3,(H2,19,20). The van der Waals surface area contributed by atoms with Crippen LogP contribution in [-0.2, 0) is 0 Å². The third-order valence-corrected chi connectivity index (χ3v) is 4.56. The molecule has 1 aromatic rings. The molecule has 2 N–H and O–H groups in total. The number of benzene rings is 1. The first kappa shape index (κ1) is 16.8. The molecule has 1 aromatic carbocycles. The Morgan fingerprint density at radius 1 is 1.18 bits per heavy atom. The fourth-order valence-electron chi connectivity index (χ4n) is 3.10. The minimum atomic E-state index is 0.345. The number of nitrogens with zero attached hydrogens (tertiary/aromatic N) is 3. The first-order valence-corrected chi connectivity index (χ1v) is 8.51. The van der Waals surface area contributed by atoms with Gasteiger partial charge in [0.15, 0.2) is 5.96 Å². The molecule has 0 saturated carbocycles. The van der Waals surface area contributed by atoms with Crippen molar-refractivity contribution in [2.24, 2.45) is 10.7 Å². The van der Waals surface area contributed by atoms with E-state index in [2.05, 4.69) is 59.8 Å². The summed E-state index contributed by atoms with van der Waals surface area (Å²) in [6.45, 7) is 11.2. The SMILES string of the molecule is CCN(CC)C(N)=NCC(c1ccc(C)cc1)N1CCCC1. The van der Waals surface area contributed by atoms with E-state index >= 15 is 0 Å². The molecule has 1 fully saturated rings. The van der Waals surface area contributed by atoms with Gasteiger partial charge >= 0.3 is 0 Å². The Kier molecular flexibility index (Phi) is 6.25. The van der Waals surface area contributed by atoms with Crippen molar-refractivity contribution in [3.05, 3.63) is 35.4 Å². The van der Waals surface area contributed by atoms with Crippen LogP contribution in [0.5, 0.6) is 0 Å². The maximum atomic E-state index is 6.15. The summed E-state index contributed by atoms with van der Waals surface area (Å²) in [5, 5.41) is 0. The van der Waals surface area contributed by atoms with E-state index in [0.29, 0.717) is 12.0 Å². The summed E-state index contributed by atoms with van der Waals surface area (Å²) < 4.78 is 0. The third kappa shape index (κ3) is 4.23. The summed E-state index contributed by atoms with van der Waals surface area (Å²) in [5.41, 5.74) is 8.80. The Hall–Kier alpha value is -1.55. The Morgan fingerprint density at radius 3 is 2.32 bits per heavy atom. The smallest absolute Gasteiger partial charge is 0.191 e.